The van der Waals surface area contributed by atoms with Gasteiger partial charge in [-0.3, -0.25) is 4.79 Å². The summed E-state index contributed by atoms with van der Waals surface area (Å²) in [4.78, 5) is 11.8. The molecule has 4 heteroatoms. The highest BCUT2D eigenvalue weighted by Gasteiger charge is 2.19. The fourth-order valence-corrected chi connectivity index (χ4v) is 2.36. The number of amides is 1. The molecule has 1 aromatic rings. The van der Waals surface area contributed by atoms with Crippen molar-refractivity contribution in [3.8, 4) is 0 Å². The molecule has 0 aromatic heterocycles. The lowest BCUT2D eigenvalue weighted by Gasteiger charge is -2.28. The molecule has 1 fully saturated rings. The van der Waals surface area contributed by atoms with Gasteiger partial charge in [0, 0.05) is 18.6 Å². The lowest BCUT2D eigenvalue weighted by molar-refractivity contribution is 0.0942. The molecule has 0 radical (unpaired) electrons. The predicted octanol–water partition coefficient (Wildman–Crippen LogP) is 2.09. The van der Waals surface area contributed by atoms with E-state index in [1.807, 2.05) is 0 Å². The van der Waals surface area contributed by atoms with Gasteiger partial charge in [0.2, 0.25) is 0 Å². The number of hydrogen-bond donors (Lipinski definition) is 2. The van der Waals surface area contributed by atoms with Crippen LogP contribution in [0.1, 0.15) is 36.5 Å². The molecule has 0 saturated carbocycles. The molecule has 2 N–H and O–H groups in total. The summed E-state index contributed by atoms with van der Waals surface area (Å²) in [6.45, 7) is 2.70. The van der Waals surface area contributed by atoms with Crippen LogP contribution in [0.25, 0.3) is 0 Å². The Morgan fingerprint density at radius 3 is 2.94 bits per heavy atom. The Hall–Kier alpha value is -1.42. The quantitative estimate of drug-likeness (QED) is 0.862. The van der Waals surface area contributed by atoms with Gasteiger partial charge in [0.05, 0.1) is 5.56 Å². The van der Waals surface area contributed by atoms with E-state index < -0.39 is 5.82 Å². The molecular weight excluding hydrogens is 231 g/mol. The Morgan fingerprint density at radius 2 is 2.22 bits per heavy atom. The third kappa shape index (κ3) is 3.29. The maximum Gasteiger partial charge on any atom is 0.254 e. The van der Waals surface area contributed by atoms with Crippen LogP contribution in [0.4, 0.5) is 4.39 Å². The summed E-state index contributed by atoms with van der Waals surface area (Å²) >= 11 is 0. The first-order valence-corrected chi connectivity index (χ1v) is 6.45. The largest absolute Gasteiger partial charge is 0.350 e. The molecule has 1 aliphatic rings. The number of hydrogen-bond acceptors (Lipinski definition) is 2. The average molecular weight is 250 g/mol. The summed E-state index contributed by atoms with van der Waals surface area (Å²) in [6.07, 6.45) is 3.41. The SMILES string of the molecule is CC1CCCC(CNC(=O)c2ccccc2F)N1. The van der Waals surface area contributed by atoms with Crippen LogP contribution in [0, 0.1) is 5.82 Å². The van der Waals surface area contributed by atoms with Crippen molar-refractivity contribution in [3.63, 3.8) is 0 Å². The minimum absolute atomic E-state index is 0.112. The Bertz CT molecular complexity index is 422. The molecule has 1 saturated heterocycles. The summed E-state index contributed by atoms with van der Waals surface area (Å²) in [5.41, 5.74) is 0.112. The first-order chi connectivity index (χ1) is 8.66. The maximum atomic E-state index is 13.4. The lowest BCUT2D eigenvalue weighted by Crippen LogP contribution is -2.47. The standard InChI is InChI=1S/C14H19FN2O/c1-10-5-4-6-11(17-10)9-16-14(18)12-7-2-3-8-13(12)15/h2-3,7-8,10-11,17H,4-6,9H2,1H3,(H,16,18). The van der Waals surface area contributed by atoms with E-state index in [1.165, 1.54) is 25.0 Å². The fourth-order valence-electron chi connectivity index (χ4n) is 2.36. The van der Waals surface area contributed by atoms with Gasteiger partial charge in [-0.1, -0.05) is 18.6 Å². The third-order valence-corrected chi connectivity index (χ3v) is 3.34. The van der Waals surface area contributed by atoms with Crippen LogP contribution >= 0.6 is 0 Å². The first kappa shape index (κ1) is 13.0. The van der Waals surface area contributed by atoms with Gasteiger partial charge in [-0.15, -0.1) is 0 Å². The minimum atomic E-state index is -0.472. The van der Waals surface area contributed by atoms with E-state index in [2.05, 4.69) is 17.6 Å². The Balaban J connectivity index is 1.87. The molecule has 98 valence electrons. The molecule has 2 unspecified atom stereocenters. The van der Waals surface area contributed by atoms with Gasteiger partial charge >= 0.3 is 0 Å². The molecule has 0 bridgehead atoms. The summed E-state index contributed by atoms with van der Waals surface area (Å²) in [5, 5.41) is 6.22. The molecule has 0 aliphatic carbocycles. The zero-order valence-electron chi connectivity index (χ0n) is 10.6. The number of nitrogens with one attached hydrogen (secondary N) is 2. The molecule has 2 atom stereocenters. The summed E-state index contributed by atoms with van der Waals surface area (Å²) in [7, 11) is 0. The number of benzene rings is 1. The number of piperidine rings is 1. The Kier molecular flexibility index (Phi) is 4.31. The molecule has 18 heavy (non-hydrogen) atoms. The molecular formula is C14H19FN2O. The lowest BCUT2D eigenvalue weighted by atomic mass is 9.99. The summed E-state index contributed by atoms with van der Waals surface area (Å²) in [5.74, 6) is -0.812. The van der Waals surface area contributed by atoms with E-state index in [-0.39, 0.29) is 11.5 Å². The van der Waals surface area contributed by atoms with Crippen LogP contribution < -0.4 is 10.6 Å². The van der Waals surface area contributed by atoms with Crippen molar-refractivity contribution in [1.29, 1.82) is 0 Å². The van der Waals surface area contributed by atoms with Crippen molar-refractivity contribution in [1.82, 2.24) is 10.6 Å². The average Bonchev–Trinajstić information content (AvgIpc) is 2.37. The zero-order valence-corrected chi connectivity index (χ0v) is 10.6. The van der Waals surface area contributed by atoms with Gasteiger partial charge in [-0.25, -0.2) is 4.39 Å². The minimum Gasteiger partial charge on any atom is -0.350 e. The topological polar surface area (TPSA) is 41.1 Å². The van der Waals surface area contributed by atoms with Gasteiger partial charge in [-0.05, 0) is 31.9 Å². The summed E-state index contributed by atoms with van der Waals surface area (Å²) < 4.78 is 13.4. The highest BCUT2D eigenvalue weighted by molar-refractivity contribution is 5.94. The van der Waals surface area contributed by atoms with Gasteiger partial charge in [0.1, 0.15) is 5.82 Å². The van der Waals surface area contributed by atoms with Gasteiger partial charge in [0.15, 0.2) is 0 Å². The molecule has 3 nitrogen and oxygen atoms in total. The fraction of sp³-hybridized carbons (Fsp3) is 0.500. The molecule has 1 amide bonds. The molecule has 1 heterocycles. The molecule has 2 rings (SSSR count). The monoisotopic (exact) mass is 250 g/mol. The Morgan fingerprint density at radius 1 is 1.44 bits per heavy atom. The van der Waals surface area contributed by atoms with Crippen molar-refractivity contribution < 1.29 is 9.18 Å². The highest BCUT2D eigenvalue weighted by Crippen LogP contribution is 2.12. The maximum absolute atomic E-state index is 13.4. The van der Waals surface area contributed by atoms with Gasteiger partial charge in [-0.2, -0.15) is 0 Å². The molecule has 1 aliphatic heterocycles. The molecule has 1 aromatic carbocycles. The predicted molar refractivity (Wildman–Crippen MR) is 69.0 cm³/mol. The summed E-state index contributed by atoms with van der Waals surface area (Å²) in [6, 6.07) is 6.84. The normalized spacial score (nSPS) is 23.7. The van der Waals surface area contributed by atoms with Crippen LogP contribution in [-0.2, 0) is 0 Å². The van der Waals surface area contributed by atoms with Crippen molar-refractivity contribution in [2.45, 2.75) is 38.3 Å². The smallest absolute Gasteiger partial charge is 0.254 e. The second-order valence-corrected chi connectivity index (χ2v) is 4.89. The van der Waals surface area contributed by atoms with Gasteiger partial charge in [0.25, 0.3) is 5.91 Å². The number of carbonyl (C=O) groups excluding carboxylic acids is 1. The van der Waals surface area contributed by atoms with Crippen LogP contribution in [0.5, 0.6) is 0 Å². The first-order valence-electron chi connectivity index (χ1n) is 6.45. The number of carbonyl (C=O) groups is 1. The van der Waals surface area contributed by atoms with Crippen molar-refractivity contribution in [2.24, 2.45) is 0 Å². The number of rotatable bonds is 3. The third-order valence-electron chi connectivity index (χ3n) is 3.34. The van der Waals surface area contributed by atoms with Crippen LogP contribution in [0.15, 0.2) is 24.3 Å². The second-order valence-electron chi connectivity index (χ2n) is 4.89. The van der Waals surface area contributed by atoms with Crippen molar-refractivity contribution in [2.75, 3.05) is 6.54 Å². The van der Waals surface area contributed by atoms with E-state index >= 15 is 0 Å². The van der Waals surface area contributed by atoms with E-state index in [4.69, 9.17) is 0 Å². The van der Waals surface area contributed by atoms with E-state index in [9.17, 15) is 9.18 Å². The van der Waals surface area contributed by atoms with Crippen LogP contribution in [-0.4, -0.2) is 24.5 Å². The van der Waals surface area contributed by atoms with Crippen LogP contribution in [0.3, 0.4) is 0 Å². The van der Waals surface area contributed by atoms with E-state index in [1.54, 1.807) is 12.1 Å². The second kappa shape index (κ2) is 5.96. The highest BCUT2D eigenvalue weighted by atomic mass is 19.1. The number of halogens is 1. The van der Waals surface area contributed by atoms with Crippen molar-refractivity contribution >= 4 is 5.91 Å². The Labute approximate surface area is 107 Å². The molecule has 0 spiro atoms. The van der Waals surface area contributed by atoms with Crippen LogP contribution in [0.2, 0.25) is 0 Å². The zero-order chi connectivity index (χ0) is 13.0. The van der Waals surface area contributed by atoms with E-state index in [0.717, 1.165) is 6.42 Å². The van der Waals surface area contributed by atoms with E-state index in [0.29, 0.717) is 18.6 Å². The van der Waals surface area contributed by atoms with Gasteiger partial charge < -0.3 is 10.6 Å². The van der Waals surface area contributed by atoms with Crippen molar-refractivity contribution in [3.05, 3.63) is 35.6 Å².